The second kappa shape index (κ2) is 6.27. The summed E-state index contributed by atoms with van der Waals surface area (Å²) in [6.45, 7) is 3.68. The molecule has 1 heterocycles. The predicted molar refractivity (Wildman–Crippen MR) is 97.6 cm³/mol. The van der Waals surface area contributed by atoms with Crippen molar-refractivity contribution in [1.29, 1.82) is 10.5 Å². The van der Waals surface area contributed by atoms with Crippen molar-refractivity contribution in [2.24, 2.45) is 0 Å². The van der Waals surface area contributed by atoms with Crippen LogP contribution in [0.2, 0.25) is 0 Å². The summed E-state index contributed by atoms with van der Waals surface area (Å²) in [5.74, 6) is 0.658. The molecule has 6 heteroatoms. The van der Waals surface area contributed by atoms with Crippen molar-refractivity contribution < 1.29 is 14.8 Å². The highest BCUT2D eigenvalue weighted by Crippen LogP contribution is 2.43. The van der Waals surface area contributed by atoms with Crippen molar-refractivity contribution in [3.05, 3.63) is 51.7 Å². The molecule has 1 aliphatic rings. The molecule has 2 aromatic rings. The lowest BCUT2D eigenvalue weighted by atomic mass is 9.95. The summed E-state index contributed by atoms with van der Waals surface area (Å²) >= 11 is 0. The Morgan fingerprint density at radius 2 is 1.96 bits per heavy atom. The number of hydrogen-bond acceptors (Lipinski definition) is 5. The van der Waals surface area contributed by atoms with Crippen LogP contribution in [0.15, 0.2) is 23.8 Å². The molecule has 0 spiro atoms. The van der Waals surface area contributed by atoms with Crippen molar-refractivity contribution in [3.63, 3.8) is 0 Å². The summed E-state index contributed by atoms with van der Waals surface area (Å²) < 4.78 is 5.16. The zero-order valence-electron chi connectivity index (χ0n) is 14.6. The average molecular weight is 345 g/mol. The molecule has 4 N–H and O–H groups in total. The third-order valence-corrected chi connectivity index (χ3v) is 4.57. The zero-order valence-corrected chi connectivity index (χ0v) is 14.6. The number of H-pyrrole nitrogens is 1. The number of nitrogens with one attached hydrogen (secondary N) is 1. The van der Waals surface area contributed by atoms with Gasteiger partial charge in [-0.1, -0.05) is 6.07 Å². The van der Waals surface area contributed by atoms with E-state index in [0.717, 1.165) is 27.8 Å². The number of phenols is 1. The molecule has 0 unspecified atom stereocenters. The summed E-state index contributed by atoms with van der Waals surface area (Å²) in [5, 5.41) is 28.8. The number of nitrogen functional groups attached to an aromatic ring is 1. The minimum atomic E-state index is 0.0514. The van der Waals surface area contributed by atoms with Crippen LogP contribution >= 0.6 is 0 Å². The molecule has 1 aliphatic carbocycles. The summed E-state index contributed by atoms with van der Waals surface area (Å²) in [7, 11) is 1.48. The number of allylic oxidation sites excluding steroid dienone is 3. The number of hydrogen-bond donors (Lipinski definition) is 2. The number of ether oxygens (including phenoxy) is 1. The van der Waals surface area contributed by atoms with Gasteiger partial charge in [-0.3, -0.25) is 5.73 Å². The topological polar surface area (TPSA) is 117 Å². The van der Waals surface area contributed by atoms with Crippen LogP contribution < -0.4 is 15.5 Å². The van der Waals surface area contributed by atoms with E-state index in [4.69, 9.17) is 10.5 Å². The van der Waals surface area contributed by atoms with Gasteiger partial charge in [-0.2, -0.15) is 10.5 Å². The Hall–Kier alpha value is -3.77. The standard InChI is InChI=1S/C20H16N4O2/c1-10-13(6-12-4-5-16(25)17(7-12)26-3)18-11(2)15(9-22)20(23)24-19(18)14(10)8-21/h4-7,25H,1-3H3,(H2,23,24)/p+1/b13-6+. The highest BCUT2D eigenvalue weighted by Gasteiger charge is 2.32. The first-order valence-corrected chi connectivity index (χ1v) is 7.89. The smallest absolute Gasteiger partial charge is 0.289 e. The number of aromatic amines is 1. The molecular formula is C20H17N4O2+. The maximum atomic E-state index is 9.78. The molecule has 0 saturated heterocycles. The number of aromatic nitrogens is 1. The van der Waals surface area contributed by atoms with Crippen molar-refractivity contribution in [3.8, 4) is 23.6 Å². The molecule has 6 nitrogen and oxygen atoms in total. The lowest BCUT2D eigenvalue weighted by Crippen LogP contribution is -2.20. The quantitative estimate of drug-likeness (QED) is 0.868. The number of fused-ring (bicyclic) bond motifs is 1. The highest BCUT2D eigenvalue weighted by atomic mass is 16.5. The fourth-order valence-corrected chi connectivity index (χ4v) is 3.22. The number of nitrogens with two attached hydrogens (primary N) is 1. The van der Waals surface area contributed by atoms with E-state index >= 15 is 0 Å². The number of nitrogens with zero attached hydrogens (tertiary/aromatic N) is 2. The summed E-state index contributed by atoms with van der Waals surface area (Å²) in [4.78, 5) is 3.00. The van der Waals surface area contributed by atoms with Gasteiger partial charge in [0.1, 0.15) is 23.3 Å². The van der Waals surface area contributed by atoms with Gasteiger partial charge in [-0.25, -0.2) is 4.98 Å². The lowest BCUT2D eigenvalue weighted by Gasteiger charge is -2.09. The highest BCUT2D eigenvalue weighted by molar-refractivity contribution is 6.07. The maximum Gasteiger partial charge on any atom is 0.289 e. The van der Waals surface area contributed by atoms with Crippen molar-refractivity contribution in [1.82, 2.24) is 0 Å². The zero-order chi connectivity index (χ0) is 19.0. The fraction of sp³-hybridized carbons (Fsp3) is 0.150. The van der Waals surface area contributed by atoms with Crippen LogP contribution in [-0.2, 0) is 0 Å². The summed E-state index contributed by atoms with van der Waals surface area (Å²) in [6, 6.07) is 9.34. The SMILES string of the molecule is COc1cc(/C=C2\C(C)=C(C#N)c3[nH+]c(N)c(C#N)c(C)c32)ccc1O. The van der Waals surface area contributed by atoms with Crippen LogP contribution in [0.5, 0.6) is 11.5 Å². The number of anilines is 1. The molecule has 0 aliphatic heterocycles. The van der Waals surface area contributed by atoms with E-state index in [1.54, 1.807) is 18.2 Å². The molecule has 0 amide bonds. The third kappa shape index (κ3) is 2.45. The molecule has 0 fully saturated rings. The van der Waals surface area contributed by atoms with Crippen LogP contribution in [0.1, 0.15) is 34.9 Å². The molecule has 0 radical (unpaired) electrons. The number of rotatable bonds is 2. The molecule has 1 aromatic carbocycles. The monoisotopic (exact) mass is 345 g/mol. The van der Waals surface area contributed by atoms with Gasteiger partial charge in [-0.15, -0.1) is 0 Å². The van der Waals surface area contributed by atoms with E-state index in [1.165, 1.54) is 7.11 Å². The van der Waals surface area contributed by atoms with Gasteiger partial charge in [0.25, 0.3) is 5.82 Å². The number of benzene rings is 1. The Morgan fingerprint density at radius 1 is 1.23 bits per heavy atom. The first-order valence-electron chi connectivity index (χ1n) is 7.89. The van der Waals surface area contributed by atoms with Crippen molar-refractivity contribution in [2.75, 3.05) is 12.8 Å². The minimum absolute atomic E-state index is 0.0514. The molecule has 26 heavy (non-hydrogen) atoms. The fourth-order valence-electron chi connectivity index (χ4n) is 3.22. The van der Waals surface area contributed by atoms with E-state index in [2.05, 4.69) is 17.1 Å². The van der Waals surface area contributed by atoms with E-state index in [-0.39, 0.29) is 11.6 Å². The Morgan fingerprint density at radius 3 is 2.58 bits per heavy atom. The van der Waals surface area contributed by atoms with Gasteiger partial charge < -0.3 is 9.84 Å². The Labute approximate surface area is 151 Å². The van der Waals surface area contributed by atoms with E-state index in [0.29, 0.717) is 22.6 Å². The molecule has 0 saturated carbocycles. The van der Waals surface area contributed by atoms with Gasteiger partial charge >= 0.3 is 0 Å². The van der Waals surface area contributed by atoms with Gasteiger partial charge in [0.15, 0.2) is 17.2 Å². The first kappa shape index (κ1) is 17.1. The van der Waals surface area contributed by atoms with Crippen LogP contribution in [0.3, 0.4) is 0 Å². The predicted octanol–water partition coefficient (Wildman–Crippen LogP) is 2.83. The lowest BCUT2D eigenvalue weighted by molar-refractivity contribution is -0.364. The van der Waals surface area contributed by atoms with Gasteiger partial charge in [0.05, 0.1) is 7.11 Å². The average Bonchev–Trinajstić information content (AvgIpc) is 2.88. The molecule has 0 atom stereocenters. The number of nitriles is 2. The number of pyridine rings is 1. The van der Waals surface area contributed by atoms with E-state index in [9.17, 15) is 15.6 Å². The molecule has 3 rings (SSSR count). The van der Waals surface area contributed by atoms with Crippen molar-refractivity contribution in [2.45, 2.75) is 13.8 Å². The molecule has 1 aromatic heterocycles. The van der Waals surface area contributed by atoms with Crippen LogP contribution in [0, 0.1) is 29.6 Å². The second-order valence-electron chi connectivity index (χ2n) is 6.00. The van der Waals surface area contributed by atoms with Gasteiger partial charge in [0, 0.05) is 5.56 Å². The summed E-state index contributed by atoms with van der Waals surface area (Å²) in [5.41, 5.74) is 11.4. The van der Waals surface area contributed by atoms with Crippen LogP contribution in [0.25, 0.3) is 17.2 Å². The third-order valence-electron chi connectivity index (χ3n) is 4.57. The van der Waals surface area contributed by atoms with Gasteiger partial charge in [0.2, 0.25) is 0 Å². The number of aromatic hydroxyl groups is 1. The Bertz CT molecular complexity index is 1080. The van der Waals surface area contributed by atoms with Crippen LogP contribution in [-0.4, -0.2) is 12.2 Å². The van der Waals surface area contributed by atoms with Gasteiger partial charge in [-0.05, 0) is 54.3 Å². The van der Waals surface area contributed by atoms with Crippen LogP contribution in [0.4, 0.5) is 5.82 Å². The molecular weight excluding hydrogens is 328 g/mol. The first-order chi connectivity index (χ1) is 12.4. The maximum absolute atomic E-state index is 9.78. The second-order valence-corrected chi connectivity index (χ2v) is 6.00. The van der Waals surface area contributed by atoms with Crippen molar-refractivity contribution >= 4 is 23.0 Å². The van der Waals surface area contributed by atoms with E-state index < -0.39 is 0 Å². The molecule has 0 bridgehead atoms. The largest absolute Gasteiger partial charge is 0.504 e. The summed E-state index contributed by atoms with van der Waals surface area (Å²) in [6.07, 6.45) is 1.90. The molecule has 128 valence electrons. The minimum Gasteiger partial charge on any atom is -0.504 e. The van der Waals surface area contributed by atoms with E-state index in [1.807, 2.05) is 19.9 Å². The Balaban J connectivity index is 2.30. The normalized spacial score (nSPS) is 14.1. The number of methoxy groups -OCH3 is 1. The number of phenolic OH excluding ortho intramolecular Hbond substituents is 1. The Kier molecular flexibility index (Phi) is 4.11.